The second-order valence-electron chi connectivity index (χ2n) is 12.7. The molecule has 1 saturated carbocycles. The Kier molecular flexibility index (Phi) is 9.87. The largest absolute Gasteiger partial charge is 0.416 e. The number of hydrogen-bond acceptors (Lipinski definition) is 4. The van der Waals surface area contributed by atoms with Crippen molar-refractivity contribution in [3.63, 3.8) is 0 Å². The van der Waals surface area contributed by atoms with Gasteiger partial charge < -0.3 is 10.2 Å². The summed E-state index contributed by atoms with van der Waals surface area (Å²) in [6.07, 6.45) is 1.48. The van der Waals surface area contributed by atoms with Gasteiger partial charge in [0.25, 0.3) is 0 Å². The van der Waals surface area contributed by atoms with Crippen molar-refractivity contribution in [2.24, 2.45) is 5.92 Å². The number of nitrogens with one attached hydrogen (secondary N) is 1. The number of amides is 1. The lowest BCUT2D eigenvalue weighted by molar-refractivity contribution is -0.139. The number of benzene rings is 2. The van der Waals surface area contributed by atoms with Crippen molar-refractivity contribution in [1.82, 2.24) is 20.0 Å². The van der Waals surface area contributed by atoms with Crippen LogP contribution >= 0.6 is 11.6 Å². The predicted octanol–water partition coefficient (Wildman–Crippen LogP) is 6.42. The summed E-state index contributed by atoms with van der Waals surface area (Å²) in [7, 11) is 0. The number of carbonyl (C=O) groups is 1. The lowest BCUT2D eigenvalue weighted by Crippen LogP contribution is -2.62. The summed E-state index contributed by atoms with van der Waals surface area (Å²) in [6.45, 7) is 10.5. The third-order valence-corrected chi connectivity index (χ3v) is 10.1. The van der Waals surface area contributed by atoms with Crippen LogP contribution in [0.15, 0.2) is 48.5 Å². The van der Waals surface area contributed by atoms with E-state index in [0.29, 0.717) is 17.6 Å². The molecule has 9 heteroatoms. The highest BCUT2D eigenvalue weighted by molar-refractivity contribution is 6.30. The third-order valence-electron chi connectivity index (χ3n) is 9.80. The molecule has 42 heavy (non-hydrogen) atoms. The number of likely N-dealkylation sites (tertiary alicyclic amines) is 1. The molecule has 1 N–H and O–H groups in total. The van der Waals surface area contributed by atoms with Crippen LogP contribution in [0.2, 0.25) is 5.02 Å². The van der Waals surface area contributed by atoms with E-state index in [4.69, 9.17) is 11.6 Å². The number of carbonyl (C=O) groups excluding carboxylic acids is 1. The minimum atomic E-state index is -4.32. The third kappa shape index (κ3) is 7.15. The Hall–Kier alpha value is -2.13. The van der Waals surface area contributed by atoms with E-state index in [1.807, 2.05) is 12.1 Å². The van der Waals surface area contributed by atoms with Crippen molar-refractivity contribution >= 4 is 17.5 Å². The molecule has 2 aromatic rings. The summed E-state index contributed by atoms with van der Waals surface area (Å²) >= 11 is 6.16. The highest BCUT2D eigenvalue weighted by Gasteiger charge is 2.44. The van der Waals surface area contributed by atoms with Gasteiger partial charge in [-0.1, -0.05) is 55.1 Å². The molecule has 1 amide bonds. The van der Waals surface area contributed by atoms with Crippen LogP contribution in [0, 0.1) is 5.92 Å². The van der Waals surface area contributed by atoms with Gasteiger partial charge in [0.15, 0.2) is 0 Å². The fourth-order valence-electron chi connectivity index (χ4n) is 7.26. The van der Waals surface area contributed by atoms with Gasteiger partial charge >= 0.3 is 6.18 Å². The molecular formula is C33H44ClF3N4O. The zero-order valence-electron chi connectivity index (χ0n) is 24.8. The summed E-state index contributed by atoms with van der Waals surface area (Å²) in [5.41, 5.74) is 1.44. The Labute approximate surface area is 253 Å². The maximum atomic E-state index is 14.0. The molecule has 0 spiro atoms. The molecule has 5 rings (SSSR count). The minimum absolute atomic E-state index is 0.0208. The summed E-state index contributed by atoms with van der Waals surface area (Å²) in [5.74, 6) is 0.360. The lowest BCUT2D eigenvalue weighted by Gasteiger charge is -2.50. The normalized spacial score (nSPS) is 23.9. The molecular weight excluding hydrogens is 561 g/mol. The molecule has 0 bridgehead atoms. The molecule has 2 aromatic carbocycles. The van der Waals surface area contributed by atoms with Crippen LogP contribution in [0.3, 0.4) is 0 Å². The van der Waals surface area contributed by atoms with E-state index in [1.165, 1.54) is 24.8 Å². The Bertz CT molecular complexity index is 1170. The Morgan fingerprint density at radius 1 is 0.952 bits per heavy atom. The Balaban J connectivity index is 1.20. The topological polar surface area (TPSA) is 38.8 Å². The highest BCUT2D eigenvalue weighted by Crippen LogP contribution is 2.37. The predicted molar refractivity (Wildman–Crippen MR) is 162 cm³/mol. The lowest BCUT2D eigenvalue weighted by atomic mass is 9.79. The second kappa shape index (κ2) is 13.2. The van der Waals surface area contributed by atoms with Crippen molar-refractivity contribution in [2.45, 2.75) is 76.2 Å². The average molecular weight is 605 g/mol. The molecule has 5 nitrogen and oxygen atoms in total. The van der Waals surface area contributed by atoms with Gasteiger partial charge in [0.2, 0.25) is 5.91 Å². The van der Waals surface area contributed by atoms with Crippen LogP contribution in [0.1, 0.15) is 68.6 Å². The molecule has 0 radical (unpaired) electrons. The molecule has 1 aliphatic carbocycles. The van der Waals surface area contributed by atoms with Crippen molar-refractivity contribution in [1.29, 1.82) is 0 Å². The average Bonchev–Trinajstić information content (AvgIpc) is 3.44. The fourth-order valence-corrected chi connectivity index (χ4v) is 7.38. The standard InChI is InChI=1S/C33H44ClF3N4O/c1-24(2)40-21-29(26-8-12-28(34)13-9-26)30(22-40)31(42)39-16-18-41(19-17-39)32(14-4-3-5-15-32)23-38-20-25-6-10-27(11-7-25)33(35,36)37/h6-13,24,29-30,38H,3-5,14-23H2,1-2H3/t29-,30+/m1/s1. The molecule has 0 unspecified atom stereocenters. The zero-order valence-corrected chi connectivity index (χ0v) is 25.6. The molecule has 3 fully saturated rings. The van der Waals surface area contributed by atoms with E-state index < -0.39 is 11.7 Å². The van der Waals surface area contributed by atoms with Crippen LogP contribution < -0.4 is 5.32 Å². The number of rotatable bonds is 8. The second-order valence-corrected chi connectivity index (χ2v) is 13.1. The van der Waals surface area contributed by atoms with Gasteiger partial charge in [0.05, 0.1) is 11.5 Å². The number of halogens is 4. The van der Waals surface area contributed by atoms with Crippen LogP contribution in [0.5, 0.6) is 0 Å². The van der Waals surface area contributed by atoms with E-state index in [2.05, 4.69) is 46.0 Å². The molecule has 2 aliphatic heterocycles. The quantitative estimate of drug-likeness (QED) is 0.377. The number of piperazine rings is 1. The molecule has 3 aliphatic rings. The fraction of sp³-hybridized carbons (Fsp3) is 0.606. The van der Waals surface area contributed by atoms with Gasteiger partial charge in [-0.25, -0.2) is 0 Å². The minimum Gasteiger partial charge on any atom is -0.340 e. The zero-order chi connectivity index (χ0) is 29.9. The smallest absolute Gasteiger partial charge is 0.340 e. The van der Waals surface area contributed by atoms with Gasteiger partial charge in [-0.15, -0.1) is 0 Å². The van der Waals surface area contributed by atoms with E-state index in [-0.39, 0.29) is 23.3 Å². The SMILES string of the molecule is CC(C)N1C[C@H](C(=O)N2CCN(C3(CNCc4ccc(C(F)(F)F)cc4)CCCCC3)CC2)[C@@H](c2ccc(Cl)cc2)C1. The van der Waals surface area contributed by atoms with Crippen LogP contribution in [-0.4, -0.2) is 78.0 Å². The number of alkyl halides is 3. The van der Waals surface area contributed by atoms with Gasteiger partial charge in [0.1, 0.15) is 0 Å². The van der Waals surface area contributed by atoms with E-state index >= 15 is 0 Å². The van der Waals surface area contributed by atoms with Gasteiger partial charge in [-0.3, -0.25) is 14.6 Å². The van der Waals surface area contributed by atoms with Crippen LogP contribution in [0.25, 0.3) is 0 Å². The maximum Gasteiger partial charge on any atom is 0.416 e. The van der Waals surface area contributed by atoms with Gasteiger partial charge in [-0.2, -0.15) is 13.2 Å². The maximum absolute atomic E-state index is 14.0. The molecule has 2 atom stereocenters. The molecule has 230 valence electrons. The first kappa shape index (κ1) is 31.3. The van der Waals surface area contributed by atoms with E-state index in [1.54, 1.807) is 12.1 Å². The first-order valence-electron chi connectivity index (χ1n) is 15.5. The van der Waals surface area contributed by atoms with Gasteiger partial charge in [0, 0.05) is 74.9 Å². The summed E-state index contributed by atoms with van der Waals surface area (Å²) in [5, 5.41) is 4.28. The van der Waals surface area contributed by atoms with Crippen molar-refractivity contribution in [3.05, 3.63) is 70.2 Å². The summed E-state index contributed by atoms with van der Waals surface area (Å²) in [6, 6.07) is 13.8. The van der Waals surface area contributed by atoms with Crippen molar-refractivity contribution in [2.75, 3.05) is 45.8 Å². The molecule has 2 heterocycles. The highest BCUT2D eigenvalue weighted by atomic mass is 35.5. The molecule has 0 aromatic heterocycles. The Morgan fingerprint density at radius 2 is 1.60 bits per heavy atom. The van der Waals surface area contributed by atoms with E-state index in [9.17, 15) is 18.0 Å². The first-order chi connectivity index (χ1) is 20.1. The van der Waals surface area contributed by atoms with E-state index in [0.717, 1.165) is 76.4 Å². The Morgan fingerprint density at radius 3 is 2.19 bits per heavy atom. The monoisotopic (exact) mass is 604 g/mol. The molecule has 2 saturated heterocycles. The van der Waals surface area contributed by atoms with Crippen molar-refractivity contribution < 1.29 is 18.0 Å². The number of hydrogen-bond donors (Lipinski definition) is 1. The van der Waals surface area contributed by atoms with Crippen molar-refractivity contribution in [3.8, 4) is 0 Å². The van der Waals surface area contributed by atoms with Crippen LogP contribution in [0.4, 0.5) is 13.2 Å². The first-order valence-corrected chi connectivity index (χ1v) is 15.8. The van der Waals surface area contributed by atoms with Gasteiger partial charge in [-0.05, 0) is 62.1 Å². The van der Waals surface area contributed by atoms with Crippen LogP contribution in [-0.2, 0) is 17.5 Å². The number of nitrogens with zero attached hydrogens (tertiary/aromatic N) is 3. The summed E-state index contributed by atoms with van der Waals surface area (Å²) < 4.78 is 38.8. The summed E-state index contributed by atoms with van der Waals surface area (Å²) in [4.78, 5) is 21.1.